The first-order valence-electron chi connectivity index (χ1n) is 27.2. The summed E-state index contributed by atoms with van der Waals surface area (Å²) in [5, 5.41) is 0. The van der Waals surface area contributed by atoms with Crippen molar-refractivity contribution >= 4 is 0 Å². The van der Waals surface area contributed by atoms with Crippen LogP contribution in [-0.2, 0) is 14.2 Å². The van der Waals surface area contributed by atoms with Gasteiger partial charge in [-0.2, -0.15) is 0 Å². The van der Waals surface area contributed by atoms with Crippen LogP contribution in [0.1, 0.15) is 221 Å². The van der Waals surface area contributed by atoms with E-state index in [0.717, 1.165) is 87.2 Å². The van der Waals surface area contributed by atoms with Crippen LogP contribution in [0.15, 0.2) is 36.0 Å². The van der Waals surface area contributed by atoms with Crippen molar-refractivity contribution in [2.45, 2.75) is 233 Å². The normalized spacial score (nSPS) is 27.5. The lowest BCUT2D eigenvalue weighted by Gasteiger charge is -2.55. The Morgan fingerprint density at radius 1 is 0.689 bits per heavy atom. The molecule has 9 atom stereocenters. The van der Waals surface area contributed by atoms with Crippen LogP contribution in [0, 0.1) is 46.8 Å². The fourth-order valence-corrected chi connectivity index (χ4v) is 12.6. The average Bonchev–Trinajstić information content (AvgIpc) is 3.68. The Kier molecular flexibility index (Phi) is 26.8. The maximum atomic E-state index is 6.59. The van der Waals surface area contributed by atoms with Crippen molar-refractivity contribution in [1.82, 2.24) is 4.90 Å². The molecule has 0 heterocycles. The minimum absolute atomic E-state index is 0.174. The quantitative estimate of drug-likeness (QED) is 0.0470. The van der Waals surface area contributed by atoms with E-state index >= 15 is 0 Å². The van der Waals surface area contributed by atoms with Crippen molar-refractivity contribution in [2.24, 2.45) is 46.8 Å². The number of allylic oxidation sites excluding steroid dienone is 5. The zero-order chi connectivity index (χ0) is 43.5. The molecule has 354 valence electrons. The van der Waals surface area contributed by atoms with E-state index in [2.05, 4.69) is 84.0 Å². The maximum Gasteiger partial charge on any atom is 0.0934 e. The molecule has 1 unspecified atom stereocenters. The van der Waals surface area contributed by atoms with E-state index in [1.165, 1.54) is 173 Å². The molecule has 0 aromatic rings. The molecule has 0 aliphatic heterocycles. The molecule has 0 aromatic carbocycles. The average molecular weight is 850 g/mol. The molecular weight excluding hydrogens is 747 g/mol. The van der Waals surface area contributed by atoms with Gasteiger partial charge in [0.05, 0.1) is 18.8 Å². The van der Waals surface area contributed by atoms with Gasteiger partial charge >= 0.3 is 0 Å². The highest BCUT2D eigenvalue weighted by atomic mass is 16.5. The Morgan fingerprint density at radius 3 is 2.05 bits per heavy atom. The highest BCUT2D eigenvalue weighted by molar-refractivity contribution is 5.25. The van der Waals surface area contributed by atoms with E-state index in [1.54, 1.807) is 5.57 Å². The zero-order valence-corrected chi connectivity index (χ0v) is 41.8. The summed E-state index contributed by atoms with van der Waals surface area (Å²) in [6.07, 6.45) is 51.3. The van der Waals surface area contributed by atoms with Crippen molar-refractivity contribution in [1.29, 1.82) is 0 Å². The lowest BCUT2D eigenvalue weighted by molar-refractivity contribution is -0.0331. The summed E-state index contributed by atoms with van der Waals surface area (Å²) in [6.45, 7) is 16.7. The highest BCUT2D eigenvalue weighted by Crippen LogP contribution is 2.63. The number of hydrogen-bond acceptors (Lipinski definition) is 4. The zero-order valence-electron chi connectivity index (χ0n) is 41.8. The van der Waals surface area contributed by atoms with Crippen molar-refractivity contribution in [3.05, 3.63) is 36.0 Å². The fourth-order valence-electron chi connectivity index (χ4n) is 12.6. The number of hydrogen-bond donors (Lipinski definition) is 0. The summed E-state index contributed by atoms with van der Waals surface area (Å²) in [7, 11) is 4.28. The molecule has 0 radical (unpaired) electrons. The summed E-state index contributed by atoms with van der Waals surface area (Å²) in [5.74, 6) is 6.71. The van der Waals surface area contributed by atoms with E-state index in [1.807, 2.05) is 0 Å². The van der Waals surface area contributed by atoms with Crippen molar-refractivity contribution in [3.63, 3.8) is 0 Å². The van der Waals surface area contributed by atoms with Crippen LogP contribution in [0.2, 0.25) is 0 Å². The monoisotopic (exact) mass is 850 g/mol. The van der Waals surface area contributed by atoms with Crippen LogP contribution in [0.3, 0.4) is 0 Å². The van der Waals surface area contributed by atoms with Crippen LogP contribution < -0.4 is 0 Å². The van der Waals surface area contributed by atoms with Crippen molar-refractivity contribution < 1.29 is 14.2 Å². The standard InChI is InChI=1S/C57H103NO3/c1-8-9-10-11-12-13-14-15-16-17-18-19-20-21-24-27-41-59-46-51(45-58(6)7)61-43-29-26-23-22-25-28-42-60-50-39-40-57(5)49(44-50)33-34-55-54-36-35-52(53(54)37-38-56(55)57)48(4)32-30-31-47(2)3/h12-13,15-16,33,47-48,50-56H,8-11,14,17-32,34-46H2,1-7H3/b13-12-,16-15-/t48-,50+,51+,52-,53?,54-,55+,56+,57+/m1/s1. The van der Waals surface area contributed by atoms with E-state index in [4.69, 9.17) is 14.2 Å². The SMILES string of the molecule is CCCCC/C=C\C/C=C\CCCCCCCCOC[C@H](CN(C)C)OCCCCCCCCO[C@H]1CC[C@@]2(C)C(=CC[C@H]3[C@@H]4CC[C@H]([C@H](C)CCCC(C)C)C4CC[C@@H]32)C1. The predicted octanol–water partition coefficient (Wildman–Crippen LogP) is 16.1. The molecule has 0 spiro atoms. The molecule has 0 aromatic heterocycles. The first-order chi connectivity index (χ1) is 29.7. The third-order valence-electron chi connectivity index (χ3n) is 16.2. The van der Waals surface area contributed by atoms with E-state index in [0.29, 0.717) is 11.5 Å². The number of fused-ring (bicyclic) bond motifs is 5. The number of ether oxygens (including phenoxy) is 3. The number of rotatable bonds is 35. The van der Waals surface area contributed by atoms with Gasteiger partial charge in [0.15, 0.2) is 0 Å². The lowest BCUT2D eigenvalue weighted by Crippen LogP contribution is -2.48. The van der Waals surface area contributed by atoms with Crippen LogP contribution >= 0.6 is 0 Å². The summed E-state index contributed by atoms with van der Waals surface area (Å²) in [5.41, 5.74) is 2.23. The molecule has 4 aliphatic carbocycles. The van der Waals surface area contributed by atoms with Gasteiger partial charge in [0.2, 0.25) is 0 Å². The first kappa shape index (κ1) is 52.7. The van der Waals surface area contributed by atoms with Gasteiger partial charge in [0, 0.05) is 26.4 Å². The Hall–Kier alpha value is -0.940. The van der Waals surface area contributed by atoms with E-state index in [-0.39, 0.29) is 6.10 Å². The third kappa shape index (κ3) is 19.6. The van der Waals surface area contributed by atoms with E-state index in [9.17, 15) is 0 Å². The van der Waals surface area contributed by atoms with Gasteiger partial charge in [-0.1, -0.05) is 154 Å². The largest absolute Gasteiger partial charge is 0.379 e. The van der Waals surface area contributed by atoms with Gasteiger partial charge in [-0.3, -0.25) is 0 Å². The third-order valence-corrected chi connectivity index (χ3v) is 16.2. The Morgan fingerprint density at radius 2 is 1.34 bits per heavy atom. The Labute approximate surface area is 380 Å². The molecular formula is C57H103NO3. The van der Waals surface area contributed by atoms with Gasteiger partial charge in [-0.25, -0.2) is 0 Å². The summed E-state index contributed by atoms with van der Waals surface area (Å²) in [6, 6.07) is 0. The second kappa shape index (κ2) is 31.1. The summed E-state index contributed by atoms with van der Waals surface area (Å²) < 4.78 is 19.0. The predicted molar refractivity (Wildman–Crippen MR) is 264 cm³/mol. The molecule has 3 saturated carbocycles. The van der Waals surface area contributed by atoms with Crippen molar-refractivity contribution in [3.8, 4) is 0 Å². The highest BCUT2D eigenvalue weighted by Gasteiger charge is 2.54. The van der Waals surface area contributed by atoms with Crippen LogP contribution in [0.4, 0.5) is 0 Å². The minimum atomic E-state index is 0.174. The molecule has 0 saturated heterocycles. The molecule has 4 heteroatoms. The van der Waals surface area contributed by atoms with Gasteiger partial charge < -0.3 is 19.1 Å². The number of unbranched alkanes of at least 4 members (excludes halogenated alkanes) is 14. The molecule has 0 bridgehead atoms. The van der Waals surface area contributed by atoms with Crippen LogP contribution in [0.25, 0.3) is 0 Å². The van der Waals surface area contributed by atoms with Gasteiger partial charge in [0.1, 0.15) is 0 Å². The van der Waals surface area contributed by atoms with Gasteiger partial charge in [-0.05, 0) is 164 Å². The van der Waals surface area contributed by atoms with Gasteiger partial charge in [0.25, 0.3) is 0 Å². The molecule has 0 amide bonds. The van der Waals surface area contributed by atoms with Gasteiger partial charge in [-0.15, -0.1) is 0 Å². The molecule has 4 rings (SSSR count). The minimum Gasteiger partial charge on any atom is -0.379 e. The lowest BCUT2D eigenvalue weighted by atomic mass is 9.50. The Balaban J connectivity index is 0.965. The number of likely N-dealkylation sites (N-methyl/N-ethyl adjacent to an activating group) is 1. The summed E-state index contributed by atoms with van der Waals surface area (Å²) >= 11 is 0. The molecule has 61 heavy (non-hydrogen) atoms. The summed E-state index contributed by atoms with van der Waals surface area (Å²) in [4.78, 5) is 2.23. The van der Waals surface area contributed by atoms with Crippen molar-refractivity contribution in [2.75, 3.05) is 47.1 Å². The molecule has 4 nitrogen and oxygen atoms in total. The smallest absolute Gasteiger partial charge is 0.0934 e. The second-order valence-corrected chi connectivity index (χ2v) is 21.9. The molecule has 3 fully saturated rings. The number of nitrogens with zero attached hydrogens (tertiary/aromatic N) is 1. The fraction of sp³-hybridized carbons (Fsp3) is 0.895. The van der Waals surface area contributed by atoms with Crippen LogP contribution in [-0.4, -0.2) is 64.2 Å². The first-order valence-corrected chi connectivity index (χ1v) is 27.2. The molecule has 0 N–H and O–H groups in total. The van der Waals surface area contributed by atoms with Crippen LogP contribution in [0.5, 0.6) is 0 Å². The topological polar surface area (TPSA) is 30.9 Å². The Bertz CT molecular complexity index is 1190. The maximum absolute atomic E-state index is 6.59. The molecule has 4 aliphatic rings. The van der Waals surface area contributed by atoms with E-state index < -0.39 is 0 Å². The second-order valence-electron chi connectivity index (χ2n) is 21.9.